The molecule has 1 aliphatic rings. The molecule has 0 aliphatic carbocycles. The predicted molar refractivity (Wildman–Crippen MR) is 71.5 cm³/mol. The molecule has 1 atom stereocenters. The van der Waals surface area contributed by atoms with Crippen molar-refractivity contribution in [3.8, 4) is 11.5 Å². The van der Waals surface area contributed by atoms with E-state index >= 15 is 0 Å². The number of ether oxygens (including phenoxy) is 2. The molecule has 4 heteroatoms. The van der Waals surface area contributed by atoms with Gasteiger partial charge in [0, 0.05) is 11.6 Å². The van der Waals surface area contributed by atoms with E-state index in [-0.39, 0.29) is 12.4 Å². The third-order valence-corrected chi connectivity index (χ3v) is 3.23. The molecule has 1 aliphatic heterocycles. The van der Waals surface area contributed by atoms with E-state index < -0.39 is 0 Å². The molecule has 0 saturated carbocycles. The maximum absolute atomic E-state index is 5.47. The first kappa shape index (κ1) is 14.1. The maximum Gasteiger partial charge on any atom is 0.164 e. The van der Waals surface area contributed by atoms with E-state index in [1.165, 1.54) is 11.1 Å². The lowest BCUT2D eigenvalue weighted by Crippen LogP contribution is -2.29. The summed E-state index contributed by atoms with van der Waals surface area (Å²) in [5.41, 5.74) is 2.65. The van der Waals surface area contributed by atoms with Crippen molar-refractivity contribution in [1.29, 1.82) is 0 Å². The van der Waals surface area contributed by atoms with Crippen LogP contribution in [0.5, 0.6) is 11.5 Å². The molecule has 0 radical (unpaired) electrons. The van der Waals surface area contributed by atoms with E-state index in [1.54, 1.807) is 14.2 Å². The lowest BCUT2D eigenvalue weighted by molar-refractivity contribution is 0.346. The van der Waals surface area contributed by atoms with Gasteiger partial charge in [-0.1, -0.05) is 13.0 Å². The van der Waals surface area contributed by atoms with Gasteiger partial charge in [-0.2, -0.15) is 0 Å². The number of fused-ring (bicyclic) bond motifs is 1. The van der Waals surface area contributed by atoms with Crippen LogP contribution in [0.2, 0.25) is 0 Å². The van der Waals surface area contributed by atoms with Gasteiger partial charge < -0.3 is 14.8 Å². The summed E-state index contributed by atoms with van der Waals surface area (Å²) in [5.74, 6) is 1.73. The second-order valence-corrected chi connectivity index (χ2v) is 4.03. The molecular formula is C13H20ClNO2. The molecule has 0 saturated heterocycles. The van der Waals surface area contributed by atoms with Crippen LogP contribution in [0.1, 0.15) is 30.5 Å². The molecule has 1 heterocycles. The summed E-state index contributed by atoms with van der Waals surface area (Å²) in [6, 6.07) is 4.59. The number of nitrogens with one attached hydrogen (secondary N) is 1. The first-order valence-electron chi connectivity index (χ1n) is 5.79. The van der Waals surface area contributed by atoms with Crippen molar-refractivity contribution in [2.75, 3.05) is 20.8 Å². The van der Waals surface area contributed by atoms with Crippen LogP contribution >= 0.6 is 12.4 Å². The second kappa shape index (κ2) is 6.12. The third kappa shape index (κ3) is 2.50. The van der Waals surface area contributed by atoms with E-state index in [1.807, 2.05) is 6.07 Å². The van der Waals surface area contributed by atoms with Crippen LogP contribution in [0.3, 0.4) is 0 Å². The minimum atomic E-state index is 0. The fraction of sp³-hybridized carbons (Fsp3) is 0.538. The van der Waals surface area contributed by atoms with Crippen LogP contribution in [-0.4, -0.2) is 20.8 Å². The van der Waals surface area contributed by atoms with Gasteiger partial charge in [0.25, 0.3) is 0 Å². The van der Waals surface area contributed by atoms with E-state index in [0.29, 0.717) is 6.04 Å². The average molecular weight is 258 g/mol. The third-order valence-electron chi connectivity index (χ3n) is 3.23. The van der Waals surface area contributed by atoms with Crippen molar-refractivity contribution >= 4 is 12.4 Å². The first-order valence-corrected chi connectivity index (χ1v) is 5.79. The summed E-state index contributed by atoms with van der Waals surface area (Å²) < 4.78 is 10.8. The van der Waals surface area contributed by atoms with Crippen molar-refractivity contribution in [3.63, 3.8) is 0 Å². The summed E-state index contributed by atoms with van der Waals surface area (Å²) in [6.45, 7) is 3.21. The SMILES string of the molecule is CCC1NCCc2c1ccc(OC)c2OC.Cl. The van der Waals surface area contributed by atoms with E-state index in [9.17, 15) is 0 Å². The molecule has 0 spiro atoms. The van der Waals surface area contributed by atoms with Gasteiger partial charge in [-0.3, -0.25) is 0 Å². The Morgan fingerprint density at radius 1 is 1.29 bits per heavy atom. The maximum atomic E-state index is 5.47. The zero-order valence-corrected chi connectivity index (χ0v) is 11.4. The number of methoxy groups -OCH3 is 2. The van der Waals surface area contributed by atoms with Crippen LogP contribution in [0.25, 0.3) is 0 Å². The molecule has 1 aromatic rings. The molecule has 2 rings (SSSR count). The highest BCUT2D eigenvalue weighted by atomic mass is 35.5. The Hall–Kier alpha value is -0.930. The Kier molecular flexibility index (Phi) is 5.09. The fourth-order valence-corrected chi connectivity index (χ4v) is 2.44. The predicted octanol–water partition coefficient (Wildman–Crippen LogP) is 2.72. The Balaban J connectivity index is 0.00000144. The normalized spacial score (nSPS) is 17.9. The van der Waals surface area contributed by atoms with Crippen LogP contribution in [0.15, 0.2) is 12.1 Å². The highest BCUT2D eigenvalue weighted by molar-refractivity contribution is 5.85. The average Bonchev–Trinajstić information content (AvgIpc) is 2.36. The van der Waals surface area contributed by atoms with Gasteiger partial charge in [-0.05, 0) is 31.0 Å². The van der Waals surface area contributed by atoms with Crippen molar-refractivity contribution in [3.05, 3.63) is 23.3 Å². The van der Waals surface area contributed by atoms with Gasteiger partial charge in [-0.15, -0.1) is 12.4 Å². The number of halogens is 1. The van der Waals surface area contributed by atoms with Gasteiger partial charge in [0.15, 0.2) is 11.5 Å². The molecule has 1 aromatic carbocycles. The zero-order valence-electron chi connectivity index (χ0n) is 10.6. The quantitative estimate of drug-likeness (QED) is 0.903. The summed E-state index contributed by atoms with van der Waals surface area (Å²) in [4.78, 5) is 0. The summed E-state index contributed by atoms with van der Waals surface area (Å²) >= 11 is 0. The number of benzene rings is 1. The van der Waals surface area contributed by atoms with Crippen molar-refractivity contribution in [1.82, 2.24) is 5.32 Å². The molecule has 0 amide bonds. The monoisotopic (exact) mass is 257 g/mol. The largest absolute Gasteiger partial charge is 0.493 e. The summed E-state index contributed by atoms with van der Waals surface area (Å²) in [6.07, 6.45) is 2.11. The van der Waals surface area contributed by atoms with Crippen LogP contribution in [0, 0.1) is 0 Å². The molecule has 0 bridgehead atoms. The van der Waals surface area contributed by atoms with Gasteiger partial charge in [0.05, 0.1) is 14.2 Å². The van der Waals surface area contributed by atoms with E-state index in [0.717, 1.165) is 30.9 Å². The summed E-state index contributed by atoms with van der Waals surface area (Å²) in [5, 5.41) is 3.52. The van der Waals surface area contributed by atoms with Crippen LogP contribution in [0.4, 0.5) is 0 Å². The highest BCUT2D eigenvalue weighted by Gasteiger charge is 2.23. The van der Waals surface area contributed by atoms with Gasteiger partial charge >= 0.3 is 0 Å². The van der Waals surface area contributed by atoms with E-state index in [4.69, 9.17) is 9.47 Å². The second-order valence-electron chi connectivity index (χ2n) is 4.03. The standard InChI is InChI=1S/C13H19NO2.ClH/c1-4-11-9-5-6-12(15-2)13(16-3)10(9)7-8-14-11;/h5-6,11,14H,4,7-8H2,1-3H3;1H. The molecule has 3 nitrogen and oxygen atoms in total. The van der Waals surface area contributed by atoms with Crippen molar-refractivity contribution in [2.24, 2.45) is 0 Å². The fourth-order valence-electron chi connectivity index (χ4n) is 2.44. The molecule has 0 fully saturated rings. The molecule has 1 unspecified atom stereocenters. The van der Waals surface area contributed by atoms with E-state index in [2.05, 4.69) is 18.3 Å². The zero-order chi connectivity index (χ0) is 11.5. The first-order chi connectivity index (χ1) is 7.81. The Morgan fingerprint density at radius 2 is 2.06 bits per heavy atom. The molecule has 0 aromatic heterocycles. The number of rotatable bonds is 3. The lowest BCUT2D eigenvalue weighted by Gasteiger charge is -2.28. The number of hydrogen-bond donors (Lipinski definition) is 1. The topological polar surface area (TPSA) is 30.5 Å². The smallest absolute Gasteiger partial charge is 0.164 e. The molecule has 1 N–H and O–H groups in total. The minimum absolute atomic E-state index is 0. The molecule has 17 heavy (non-hydrogen) atoms. The van der Waals surface area contributed by atoms with Crippen molar-refractivity contribution < 1.29 is 9.47 Å². The Labute approximate surface area is 109 Å². The van der Waals surface area contributed by atoms with Gasteiger partial charge in [0.1, 0.15) is 0 Å². The molecule has 96 valence electrons. The van der Waals surface area contributed by atoms with Crippen LogP contribution in [-0.2, 0) is 6.42 Å². The highest BCUT2D eigenvalue weighted by Crippen LogP contribution is 2.38. The lowest BCUT2D eigenvalue weighted by atomic mass is 9.92. The van der Waals surface area contributed by atoms with Gasteiger partial charge in [-0.25, -0.2) is 0 Å². The minimum Gasteiger partial charge on any atom is -0.493 e. The summed E-state index contributed by atoms with van der Waals surface area (Å²) in [7, 11) is 3.39. The molecular weight excluding hydrogens is 238 g/mol. The van der Waals surface area contributed by atoms with Gasteiger partial charge in [0.2, 0.25) is 0 Å². The Bertz CT molecular complexity index is 382. The van der Waals surface area contributed by atoms with Crippen LogP contribution < -0.4 is 14.8 Å². The number of hydrogen-bond acceptors (Lipinski definition) is 3. The Morgan fingerprint density at radius 3 is 2.65 bits per heavy atom. The van der Waals surface area contributed by atoms with Crippen molar-refractivity contribution in [2.45, 2.75) is 25.8 Å².